The van der Waals surface area contributed by atoms with Crippen LogP contribution in [0.2, 0.25) is 0 Å². The molecule has 3 rings (SSSR count). The molecule has 126 valence electrons. The Bertz CT molecular complexity index is 842. The van der Waals surface area contributed by atoms with Gasteiger partial charge in [-0.2, -0.15) is 0 Å². The lowest BCUT2D eigenvalue weighted by Gasteiger charge is -2.18. The molecule has 0 saturated carbocycles. The topological polar surface area (TPSA) is 81.7 Å². The van der Waals surface area contributed by atoms with E-state index < -0.39 is 5.97 Å². The fourth-order valence-corrected chi connectivity index (χ4v) is 2.25. The molecule has 0 saturated heterocycles. The Morgan fingerprint density at radius 3 is 2.76 bits per heavy atom. The van der Waals surface area contributed by atoms with Crippen LogP contribution >= 0.6 is 0 Å². The van der Waals surface area contributed by atoms with Gasteiger partial charge in [0.1, 0.15) is 5.75 Å². The molecule has 0 spiro atoms. The van der Waals surface area contributed by atoms with E-state index in [0.29, 0.717) is 17.0 Å². The van der Waals surface area contributed by atoms with Crippen molar-refractivity contribution >= 4 is 29.4 Å². The molecule has 0 radical (unpaired) electrons. The van der Waals surface area contributed by atoms with E-state index in [1.165, 1.54) is 12.1 Å². The van der Waals surface area contributed by atoms with Gasteiger partial charge in [0, 0.05) is 11.6 Å². The zero-order chi connectivity index (χ0) is 17.6. The molecule has 0 unspecified atom stereocenters. The van der Waals surface area contributed by atoms with Gasteiger partial charge < -0.3 is 14.8 Å². The summed E-state index contributed by atoms with van der Waals surface area (Å²) in [6.45, 7) is -0.433. The minimum Gasteiger partial charge on any atom is -0.482 e. The zero-order valence-electron chi connectivity index (χ0n) is 13.2. The quantitative estimate of drug-likeness (QED) is 0.515. The Morgan fingerprint density at radius 2 is 1.96 bits per heavy atom. The van der Waals surface area contributed by atoms with Crippen LogP contribution in [0.5, 0.6) is 5.75 Å². The molecule has 1 amide bonds. The largest absolute Gasteiger partial charge is 0.482 e. The summed E-state index contributed by atoms with van der Waals surface area (Å²) >= 11 is 0. The molecular formula is C19H15NO5. The van der Waals surface area contributed by atoms with Crippen LogP contribution < -0.4 is 10.1 Å². The minimum absolute atomic E-state index is 0.0499. The number of hydrogen-bond donors (Lipinski definition) is 1. The minimum atomic E-state index is -0.605. The van der Waals surface area contributed by atoms with E-state index >= 15 is 0 Å². The van der Waals surface area contributed by atoms with Gasteiger partial charge in [-0.3, -0.25) is 9.59 Å². The summed E-state index contributed by atoms with van der Waals surface area (Å²) in [7, 11) is 0. The summed E-state index contributed by atoms with van der Waals surface area (Å²) in [6, 6.07) is 13.9. The predicted octanol–water partition coefficient (Wildman–Crippen LogP) is 2.46. The van der Waals surface area contributed by atoms with Crippen molar-refractivity contribution in [1.82, 2.24) is 0 Å². The molecule has 6 nitrogen and oxygen atoms in total. The highest BCUT2D eigenvalue weighted by Gasteiger charge is 2.18. The predicted molar refractivity (Wildman–Crippen MR) is 91.3 cm³/mol. The monoisotopic (exact) mass is 337 g/mol. The smallest absolute Gasteiger partial charge is 0.331 e. The molecule has 1 aliphatic rings. The Kier molecular flexibility index (Phi) is 4.89. The van der Waals surface area contributed by atoms with Crippen molar-refractivity contribution in [2.75, 3.05) is 18.5 Å². The molecule has 1 heterocycles. The van der Waals surface area contributed by atoms with Gasteiger partial charge in [0.05, 0.1) is 5.69 Å². The number of amides is 1. The standard InChI is InChI=1S/C19H15NO5/c21-16(11-25-19(23)9-6-13-4-2-1-3-5-13)14-7-8-17-15(10-14)20-18(22)12-24-17/h1-10H,11-12H2,(H,20,22). The molecule has 1 N–H and O–H groups in total. The summed E-state index contributed by atoms with van der Waals surface area (Å²) in [4.78, 5) is 35.1. The van der Waals surface area contributed by atoms with Crippen LogP contribution in [-0.4, -0.2) is 30.9 Å². The maximum absolute atomic E-state index is 12.1. The number of fused-ring (bicyclic) bond motifs is 1. The van der Waals surface area contributed by atoms with Gasteiger partial charge in [-0.15, -0.1) is 0 Å². The number of ether oxygens (including phenoxy) is 2. The fourth-order valence-electron chi connectivity index (χ4n) is 2.25. The number of anilines is 1. The van der Waals surface area contributed by atoms with Gasteiger partial charge in [-0.25, -0.2) is 4.79 Å². The number of esters is 1. The highest BCUT2D eigenvalue weighted by atomic mass is 16.5. The second-order valence-electron chi connectivity index (χ2n) is 5.32. The van der Waals surface area contributed by atoms with Crippen LogP contribution in [0.3, 0.4) is 0 Å². The Labute approximate surface area is 144 Å². The highest BCUT2D eigenvalue weighted by Crippen LogP contribution is 2.28. The molecule has 0 aromatic heterocycles. The van der Waals surface area contributed by atoms with Crippen molar-refractivity contribution in [3.8, 4) is 5.75 Å². The van der Waals surface area contributed by atoms with Crippen LogP contribution in [0.1, 0.15) is 15.9 Å². The molecule has 2 aromatic carbocycles. The van der Waals surface area contributed by atoms with E-state index in [1.807, 2.05) is 30.3 Å². The number of carbonyl (C=O) groups is 3. The number of rotatable bonds is 5. The van der Waals surface area contributed by atoms with E-state index in [1.54, 1.807) is 18.2 Å². The van der Waals surface area contributed by atoms with E-state index in [4.69, 9.17) is 9.47 Å². The molecule has 2 aromatic rings. The second kappa shape index (κ2) is 7.44. The summed E-state index contributed by atoms with van der Waals surface area (Å²) in [5, 5.41) is 2.62. The zero-order valence-corrected chi connectivity index (χ0v) is 13.2. The van der Waals surface area contributed by atoms with Crippen LogP contribution in [0, 0.1) is 0 Å². The maximum atomic E-state index is 12.1. The van der Waals surface area contributed by atoms with Gasteiger partial charge >= 0.3 is 5.97 Å². The molecule has 0 fully saturated rings. The highest BCUT2D eigenvalue weighted by molar-refractivity contribution is 6.02. The van der Waals surface area contributed by atoms with Gasteiger partial charge in [-0.05, 0) is 29.8 Å². The van der Waals surface area contributed by atoms with Crippen LogP contribution in [0.25, 0.3) is 6.08 Å². The Morgan fingerprint density at radius 1 is 1.16 bits per heavy atom. The third-order valence-electron chi connectivity index (χ3n) is 3.49. The summed E-state index contributed by atoms with van der Waals surface area (Å²) < 4.78 is 10.2. The van der Waals surface area contributed by atoms with Crippen molar-refractivity contribution in [3.63, 3.8) is 0 Å². The number of nitrogens with one attached hydrogen (secondary N) is 1. The first kappa shape index (κ1) is 16.4. The van der Waals surface area contributed by atoms with Gasteiger partial charge in [-0.1, -0.05) is 30.3 Å². The fraction of sp³-hybridized carbons (Fsp3) is 0.105. The number of hydrogen-bond acceptors (Lipinski definition) is 5. The maximum Gasteiger partial charge on any atom is 0.331 e. The molecule has 0 atom stereocenters. The van der Waals surface area contributed by atoms with Crippen molar-refractivity contribution in [2.24, 2.45) is 0 Å². The van der Waals surface area contributed by atoms with Gasteiger partial charge in [0.25, 0.3) is 5.91 Å². The normalized spacial score (nSPS) is 12.9. The van der Waals surface area contributed by atoms with E-state index in [-0.39, 0.29) is 24.9 Å². The Hall–Kier alpha value is -3.41. The SMILES string of the molecule is O=C1COc2ccc(C(=O)COC(=O)C=Cc3ccccc3)cc2N1. The van der Waals surface area contributed by atoms with Crippen LogP contribution in [0.4, 0.5) is 5.69 Å². The van der Waals surface area contributed by atoms with Crippen molar-refractivity contribution in [3.05, 3.63) is 65.7 Å². The molecule has 0 aliphatic carbocycles. The Balaban J connectivity index is 1.57. The van der Waals surface area contributed by atoms with Crippen LogP contribution in [-0.2, 0) is 14.3 Å². The number of benzene rings is 2. The number of carbonyl (C=O) groups excluding carboxylic acids is 3. The molecular weight excluding hydrogens is 322 g/mol. The number of Topliss-reactive ketones (excluding diaryl/α,β-unsaturated/α-hetero) is 1. The van der Waals surface area contributed by atoms with Gasteiger partial charge in [0.2, 0.25) is 0 Å². The van der Waals surface area contributed by atoms with E-state index in [0.717, 1.165) is 5.56 Å². The van der Waals surface area contributed by atoms with E-state index in [9.17, 15) is 14.4 Å². The lowest BCUT2D eigenvalue weighted by atomic mass is 10.1. The molecule has 25 heavy (non-hydrogen) atoms. The summed E-state index contributed by atoms with van der Waals surface area (Å²) in [5.74, 6) is -0.760. The average molecular weight is 337 g/mol. The first-order valence-corrected chi connectivity index (χ1v) is 7.61. The average Bonchev–Trinajstić information content (AvgIpc) is 2.64. The summed E-state index contributed by atoms with van der Waals surface area (Å²) in [5.41, 5.74) is 1.61. The van der Waals surface area contributed by atoms with Crippen molar-refractivity contribution < 1.29 is 23.9 Å². The summed E-state index contributed by atoms with van der Waals surface area (Å²) in [6.07, 6.45) is 2.88. The molecule has 0 bridgehead atoms. The lowest BCUT2D eigenvalue weighted by Crippen LogP contribution is -2.25. The van der Waals surface area contributed by atoms with Crippen molar-refractivity contribution in [1.29, 1.82) is 0 Å². The third kappa shape index (κ3) is 4.32. The first-order chi connectivity index (χ1) is 12.1. The van der Waals surface area contributed by atoms with Crippen molar-refractivity contribution in [2.45, 2.75) is 0 Å². The second-order valence-corrected chi connectivity index (χ2v) is 5.32. The van der Waals surface area contributed by atoms with E-state index in [2.05, 4.69) is 5.32 Å². The van der Waals surface area contributed by atoms with Crippen LogP contribution in [0.15, 0.2) is 54.6 Å². The molecule has 1 aliphatic heterocycles. The first-order valence-electron chi connectivity index (χ1n) is 7.61. The number of ketones is 1. The third-order valence-corrected chi connectivity index (χ3v) is 3.49. The molecule has 6 heteroatoms. The lowest BCUT2D eigenvalue weighted by molar-refractivity contribution is -0.136. The van der Waals surface area contributed by atoms with Gasteiger partial charge in [0.15, 0.2) is 19.0 Å².